The molecule has 0 bridgehead atoms. The normalized spacial score (nSPS) is 21.8. The van der Waals surface area contributed by atoms with Gasteiger partial charge in [-0.25, -0.2) is 0 Å². The van der Waals surface area contributed by atoms with Gasteiger partial charge in [0.15, 0.2) is 5.84 Å². The second-order valence-electron chi connectivity index (χ2n) is 6.10. The number of rotatable bonds is 6. The Morgan fingerprint density at radius 2 is 1.85 bits per heavy atom. The monoisotopic (exact) mass is 367 g/mol. The van der Waals surface area contributed by atoms with Gasteiger partial charge in [-0.1, -0.05) is 56.7 Å². The Kier molecular flexibility index (Phi) is 8.42. The predicted molar refractivity (Wildman–Crippen MR) is 119 cm³/mol. The van der Waals surface area contributed by atoms with Crippen molar-refractivity contribution in [1.29, 1.82) is 0 Å². The van der Waals surface area contributed by atoms with Crippen LogP contribution < -0.4 is 4.90 Å². The summed E-state index contributed by atoms with van der Waals surface area (Å²) in [4.78, 5) is 2.31. The standard InChI is InChI=1S/C22H29N3S/c1-5-19-12-10-13-20(6-2)22(19)25-17-18(4)11-8-9-15-23-24-21(25)14-16-26-7-3/h8-16H,5-7,17H2,1-4H3/b9-8+,16-14-,18-11-,23-15+,24-21-. The molecule has 1 aromatic rings. The van der Waals surface area contributed by atoms with E-state index in [1.807, 2.05) is 12.2 Å². The number of hydrogen-bond acceptors (Lipinski definition) is 4. The van der Waals surface area contributed by atoms with E-state index in [2.05, 4.69) is 78.6 Å². The van der Waals surface area contributed by atoms with Gasteiger partial charge in [-0.15, -0.1) is 16.9 Å². The highest BCUT2D eigenvalue weighted by molar-refractivity contribution is 8.02. The highest BCUT2D eigenvalue weighted by Gasteiger charge is 2.19. The van der Waals surface area contributed by atoms with Gasteiger partial charge in [0.05, 0.1) is 0 Å². The Bertz CT molecular complexity index is 720. The SMILES string of the molecule is CCS\C=C/C1=N/N=C/C=C/C=C(/C)CN1c1c(CC)cccc1CC. The summed E-state index contributed by atoms with van der Waals surface area (Å²) in [5.74, 6) is 1.92. The highest BCUT2D eigenvalue weighted by atomic mass is 32.2. The summed E-state index contributed by atoms with van der Waals surface area (Å²) in [5.41, 5.74) is 5.25. The first kappa shape index (κ1) is 20.2. The van der Waals surface area contributed by atoms with E-state index in [4.69, 9.17) is 0 Å². The number of anilines is 1. The molecule has 2 rings (SSSR count). The average molecular weight is 368 g/mol. The third kappa shape index (κ3) is 5.46. The van der Waals surface area contributed by atoms with Crippen LogP contribution in [0.1, 0.15) is 38.8 Å². The fourth-order valence-corrected chi connectivity index (χ4v) is 3.33. The van der Waals surface area contributed by atoms with Gasteiger partial charge in [-0.3, -0.25) is 0 Å². The first-order valence-electron chi connectivity index (χ1n) is 9.31. The largest absolute Gasteiger partial charge is 0.320 e. The molecule has 0 radical (unpaired) electrons. The zero-order valence-corrected chi connectivity index (χ0v) is 17.1. The number of para-hydroxylation sites is 1. The van der Waals surface area contributed by atoms with E-state index in [1.165, 1.54) is 22.4 Å². The molecular formula is C22H29N3S. The van der Waals surface area contributed by atoms with Crippen molar-refractivity contribution in [2.24, 2.45) is 10.2 Å². The summed E-state index contributed by atoms with van der Waals surface area (Å²) in [6.45, 7) is 9.53. The van der Waals surface area contributed by atoms with E-state index in [9.17, 15) is 0 Å². The molecule has 0 amide bonds. The van der Waals surface area contributed by atoms with Crippen LogP contribution in [-0.2, 0) is 12.8 Å². The fourth-order valence-electron chi connectivity index (χ4n) is 2.92. The smallest absolute Gasteiger partial charge is 0.156 e. The molecule has 1 aliphatic rings. The lowest BCUT2D eigenvalue weighted by Gasteiger charge is -2.29. The van der Waals surface area contributed by atoms with Gasteiger partial charge in [0.25, 0.3) is 0 Å². The summed E-state index contributed by atoms with van der Waals surface area (Å²) >= 11 is 1.77. The highest BCUT2D eigenvalue weighted by Crippen LogP contribution is 2.29. The molecule has 0 fully saturated rings. The van der Waals surface area contributed by atoms with Gasteiger partial charge in [-0.2, -0.15) is 5.10 Å². The van der Waals surface area contributed by atoms with E-state index in [0.717, 1.165) is 31.0 Å². The zero-order chi connectivity index (χ0) is 18.8. The number of benzene rings is 1. The number of allylic oxidation sites excluding steroid dienone is 3. The molecule has 0 atom stereocenters. The maximum Gasteiger partial charge on any atom is 0.156 e. The van der Waals surface area contributed by atoms with Gasteiger partial charge < -0.3 is 4.90 Å². The Morgan fingerprint density at radius 1 is 1.12 bits per heavy atom. The van der Waals surface area contributed by atoms with Crippen LogP contribution in [0.3, 0.4) is 0 Å². The zero-order valence-electron chi connectivity index (χ0n) is 16.3. The summed E-state index contributed by atoms with van der Waals surface area (Å²) in [7, 11) is 0. The van der Waals surface area contributed by atoms with Crippen molar-refractivity contribution in [2.75, 3.05) is 17.2 Å². The van der Waals surface area contributed by atoms with Crippen LogP contribution in [0.15, 0.2) is 63.7 Å². The van der Waals surface area contributed by atoms with Gasteiger partial charge in [0, 0.05) is 18.4 Å². The summed E-state index contributed by atoms with van der Waals surface area (Å²) in [6, 6.07) is 6.60. The molecule has 1 heterocycles. The van der Waals surface area contributed by atoms with Crippen LogP contribution in [0.25, 0.3) is 0 Å². The molecule has 1 aromatic carbocycles. The number of thioether (sulfide) groups is 1. The first-order chi connectivity index (χ1) is 12.7. The van der Waals surface area contributed by atoms with Crippen LogP contribution in [-0.4, -0.2) is 24.3 Å². The number of nitrogens with zero attached hydrogens (tertiary/aromatic N) is 3. The quantitative estimate of drug-likeness (QED) is 0.637. The molecule has 138 valence electrons. The summed E-state index contributed by atoms with van der Waals surface area (Å²) in [5, 5.41) is 10.9. The lowest BCUT2D eigenvalue weighted by Crippen LogP contribution is -2.33. The average Bonchev–Trinajstić information content (AvgIpc) is 2.67. The molecule has 4 heteroatoms. The molecule has 0 unspecified atom stereocenters. The van der Waals surface area contributed by atoms with Crippen LogP contribution >= 0.6 is 11.8 Å². The van der Waals surface area contributed by atoms with Gasteiger partial charge in [-0.05, 0) is 54.2 Å². The van der Waals surface area contributed by atoms with Crippen molar-refractivity contribution in [3.63, 3.8) is 0 Å². The van der Waals surface area contributed by atoms with Gasteiger partial charge in [0.2, 0.25) is 0 Å². The summed E-state index contributed by atoms with van der Waals surface area (Å²) in [6.07, 6.45) is 11.9. The minimum Gasteiger partial charge on any atom is -0.320 e. The third-order valence-electron chi connectivity index (χ3n) is 4.20. The topological polar surface area (TPSA) is 28.0 Å². The van der Waals surface area contributed by atoms with Crippen LogP contribution in [0, 0.1) is 0 Å². The minimum absolute atomic E-state index is 0.795. The molecule has 0 spiro atoms. The third-order valence-corrected chi connectivity index (χ3v) is 4.87. The Balaban J connectivity index is 2.61. The van der Waals surface area contributed by atoms with Crippen molar-refractivity contribution >= 4 is 29.5 Å². The first-order valence-corrected chi connectivity index (χ1v) is 10.4. The van der Waals surface area contributed by atoms with E-state index >= 15 is 0 Å². The molecule has 3 nitrogen and oxygen atoms in total. The van der Waals surface area contributed by atoms with Crippen molar-refractivity contribution in [1.82, 2.24) is 0 Å². The number of hydrogen-bond donors (Lipinski definition) is 0. The van der Waals surface area contributed by atoms with E-state index in [-0.39, 0.29) is 0 Å². The Labute approximate surface area is 162 Å². The Hall–Kier alpha value is -2.07. The molecule has 0 saturated carbocycles. The van der Waals surface area contributed by atoms with E-state index < -0.39 is 0 Å². The second kappa shape index (κ2) is 10.8. The van der Waals surface area contributed by atoms with Crippen molar-refractivity contribution in [3.05, 3.63) is 64.6 Å². The Morgan fingerprint density at radius 3 is 2.50 bits per heavy atom. The van der Waals surface area contributed by atoms with E-state index in [0.29, 0.717) is 0 Å². The molecule has 0 N–H and O–H groups in total. The predicted octanol–water partition coefficient (Wildman–Crippen LogP) is 5.79. The lowest BCUT2D eigenvalue weighted by molar-refractivity contribution is 0.992. The molecule has 26 heavy (non-hydrogen) atoms. The molecule has 1 aliphatic heterocycles. The van der Waals surface area contributed by atoms with Crippen molar-refractivity contribution < 1.29 is 0 Å². The number of amidine groups is 1. The van der Waals surface area contributed by atoms with Crippen molar-refractivity contribution in [3.8, 4) is 0 Å². The maximum absolute atomic E-state index is 4.53. The van der Waals surface area contributed by atoms with Crippen LogP contribution in [0.2, 0.25) is 0 Å². The van der Waals surface area contributed by atoms with Gasteiger partial charge in [0.1, 0.15) is 0 Å². The van der Waals surface area contributed by atoms with Crippen LogP contribution in [0.5, 0.6) is 0 Å². The molecular weight excluding hydrogens is 338 g/mol. The minimum atomic E-state index is 0.795. The molecule has 0 saturated heterocycles. The summed E-state index contributed by atoms with van der Waals surface area (Å²) < 4.78 is 0. The van der Waals surface area contributed by atoms with Crippen molar-refractivity contribution in [2.45, 2.75) is 40.5 Å². The molecule has 0 aliphatic carbocycles. The van der Waals surface area contributed by atoms with Crippen LogP contribution in [0.4, 0.5) is 5.69 Å². The number of aryl methyl sites for hydroxylation is 2. The van der Waals surface area contributed by atoms with Gasteiger partial charge >= 0.3 is 0 Å². The maximum atomic E-state index is 4.53. The second-order valence-corrected chi connectivity index (χ2v) is 7.28. The lowest BCUT2D eigenvalue weighted by atomic mass is 10.0. The molecule has 0 aromatic heterocycles. The fraction of sp³-hybridized carbons (Fsp3) is 0.364. The van der Waals surface area contributed by atoms with E-state index in [1.54, 1.807) is 18.0 Å².